The molecular weight excluding hydrogens is 416 g/mol. The second-order valence-corrected chi connectivity index (χ2v) is 8.51. The molecule has 32 heavy (non-hydrogen) atoms. The van der Waals surface area contributed by atoms with Crippen LogP contribution >= 0.6 is 0 Å². The molecule has 3 amide bonds. The molecule has 0 heterocycles. The van der Waals surface area contributed by atoms with Crippen LogP contribution in [0.5, 0.6) is 5.75 Å². The highest BCUT2D eigenvalue weighted by atomic mass is 16.4. The number of aromatic hydroxyl groups is 1. The lowest BCUT2D eigenvalue weighted by molar-refractivity contribution is -0.142. The first-order chi connectivity index (χ1) is 14.9. The smallest absolute Gasteiger partial charge is 0.326 e. The monoisotopic (exact) mass is 450 g/mol. The fourth-order valence-electron chi connectivity index (χ4n) is 2.88. The van der Waals surface area contributed by atoms with E-state index in [4.69, 9.17) is 5.73 Å². The first kappa shape index (κ1) is 26.9. The summed E-state index contributed by atoms with van der Waals surface area (Å²) < 4.78 is 0. The van der Waals surface area contributed by atoms with Crippen LogP contribution in [0, 0.1) is 11.8 Å². The third-order valence-electron chi connectivity index (χ3n) is 4.79. The number of nitrogens with two attached hydrogens (primary N) is 1. The number of carbonyl (C=O) groups is 4. The Balaban J connectivity index is 2.83. The number of aliphatic carboxylic acids is 1. The van der Waals surface area contributed by atoms with E-state index in [1.54, 1.807) is 26.0 Å². The molecule has 0 aliphatic heterocycles. The van der Waals surface area contributed by atoms with Crippen molar-refractivity contribution < 1.29 is 29.4 Å². The number of benzene rings is 1. The fourth-order valence-corrected chi connectivity index (χ4v) is 2.88. The lowest BCUT2D eigenvalue weighted by Gasteiger charge is -2.22. The predicted molar refractivity (Wildman–Crippen MR) is 119 cm³/mol. The van der Waals surface area contributed by atoms with E-state index in [9.17, 15) is 29.4 Å². The van der Waals surface area contributed by atoms with Gasteiger partial charge in [-0.05, 0) is 36.0 Å². The number of carboxylic acid groups (broad SMARTS) is 1. The van der Waals surface area contributed by atoms with Gasteiger partial charge in [-0.2, -0.15) is 0 Å². The highest BCUT2D eigenvalue weighted by Gasteiger charge is 2.26. The van der Waals surface area contributed by atoms with Crippen LogP contribution in [-0.4, -0.2) is 58.6 Å². The summed E-state index contributed by atoms with van der Waals surface area (Å²) in [5, 5.41) is 26.1. The van der Waals surface area contributed by atoms with Gasteiger partial charge < -0.3 is 31.9 Å². The van der Waals surface area contributed by atoms with Gasteiger partial charge in [-0.1, -0.05) is 39.8 Å². The zero-order valence-corrected chi connectivity index (χ0v) is 18.9. The van der Waals surface area contributed by atoms with Gasteiger partial charge in [-0.3, -0.25) is 14.4 Å². The third kappa shape index (κ3) is 9.34. The van der Waals surface area contributed by atoms with Crippen molar-refractivity contribution in [3.05, 3.63) is 29.8 Å². The van der Waals surface area contributed by atoms with Crippen molar-refractivity contribution in [3.63, 3.8) is 0 Å². The van der Waals surface area contributed by atoms with E-state index in [1.165, 1.54) is 12.1 Å². The first-order valence-electron chi connectivity index (χ1n) is 10.5. The van der Waals surface area contributed by atoms with E-state index in [-0.39, 0.29) is 30.4 Å². The lowest BCUT2D eigenvalue weighted by atomic mass is 10.0. The zero-order valence-electron chi connectivity index (χ0n) is 18.9. The Morgan fingerprint density at radius 2 is 1.53 bits per heavy atom. The Morgan fingerprint density at radius 1 is 0.938 bits per heavy atom. The zero-order chi connectivity index (χ0) is 24.4. The fraction of sp³-hybridized carbons (Fsp3) is 0.545. The van der Waals surface area contributed by atoms with Gasteiger partial charge in [0.1, 0.15) is 17.8 Å². The standard InChI is InChI=1S/C22H34N4O6/c1-12(2)9-17(22(31)32)25-18(28)11-24-20(29)16(26-21(30)19(23)13(3)4)10-14-5-7-15(27)8-6-14/h5-8,12-13,16-17,19,27H,9-11,23H2,1-4H3,(H,24,29)(H,25,28)(H,26,30)(H,31,32). The summed E-state index contributed by atoms with van der Waals surface area (Å²) in [5.41, 5.74) is 6.54. The molecule has 10 heteroatoms. The Morgan fingerprint density at radius 3 is 2.03 bits per heavy atom. The molecule has 1 aromatic rings. The van der Waals surface area contributed by atoms with E-state index in [0.29, 0.717) is 5.56 Å². The maximum Gasteiger partial charge on any atom is 0.326 e. The minimum atomic E-state index is -1.15. The summed E-state index contributed by atoms with van der Waals surface area (Å²) in [4.78, 5) is 48.6. The van der Waals surface area contributed by atoms with Gasteiger partial charge in [0.2, 0.25) is 17.7 Å². The summed E-state index contributed by atoms with van der Waals surface area (Å²) in [7, 11) is 0. The molecule has 7 N–H and O–H groups in total. The molecule has 0 saturated carbocycles. The van der Waals surface area contributed by atoms with Crippen LogP contribution in [0.1, 0.15) is 39.7 Å². The van der Waals surface area contributed by atoms with E-state index in [1.807, 2.05) is 13.8 Å². The number of amides is 3. The van der Waals surface area contributed by atoms with Crippen molar-refractivity contribution in [2.24, 2.45) is 17.6 Å². The van der Waals surface area contributed by atoms with E-state index < -0.39 is 48.4 Å². The minimum absolute atomic E-state index is 0.0565. The first-order valence-corrected chi connectivity index (χ1v) is 10.5. The summed E-state index contributed by atoms with van der Waals surface area (Å²) >= 11 is 0. The molecule has 0 spiro atoms. The number of phenols is 1. The van der Waals surface area contributed by atoms with Gasteiger partial charge in [-0.25, -0.2) is 4.79 Å². The van der Waals surface area contributed by atoms with Gasteiger partial charge in [0.15, 0.2) is 0 Å². The highest BCUT2D eigenvalue weighted by Crippen LogP contribution is 2.12. The molecule has 0 saturated heterocycles. The maximum absolute atomic E-state index is 12.7. The number of nitrogens with one attached hydrogen (secondary N) is 3. The molecule has 0 aliphatic rings. The SMILES string of the molecule is CC(C)CC(NC(=O)CNC(=O)C(Cc1ccc(O)cc1)NC(=O)C(N)C(C)C)C(=O)O. The molecule has 0 aliphatic carbocycles. The normalized spacial score (nSPS) is 13.8. The van der Waals surface area contributed by atoms with Crippen LogP contribution in [0.15, 0.2) is 24.3 Å². The van der Waals surface area contributed by atoms with E-state index in [2.05, 4.69) is 16.0 Å². The summed E-state index contributed by atoms with van der Waals surface area (Å²) in [5.74, 6) is -2.96. The number of carbonyl (C=O) groups excluding carboxylic acids is 3. The number of hydrogen-bond acceptors (Lipinski definition) is 6. The number of carboxylic acids is 1. The third-order valence-corrected chi connectivity index (χ3v) is 4.79. The highest BCUT2D eigenvalue weighted by molar-refractivity contribution is 5.92. The topological polar surface area (TPSA) is 171 Å². The second kappa shape index (κ2) is 12.7. The molecule has 10 nitrogen and oxygen atoms in total. The quantitative estimate of drug-likeness (QED) is 0.263. The van der Waals surface area contributed by atoms with E-state index >= 15 is 0 Å². The van der Waals surface area contributed by atoms with Crippen LogP contribution in [0.3, 0.4) is 0 Å². The molecule has 0 radical (unpaired) electrons. The molecule has 0 bridgehead atoms. The summed E-state index contributed by atoms with van der Waals surface area (Å²) in [6.07, 6.45) is 0.358. The van der Waals surface area contributed by atoms with Crippen molar-refractivity contribution in [1.82, 2.24) is 16.0 Å². The average Bonchev–Trinajstić information content (AvgIpc) is 2.71. The molecular formula is C22H34N4O6. The molecule has 1 rings (SSSR count). The molecule has 3 unspecified atom stereocenters. The van der Waals surface area contributed by atoms with Gasteiger partial charge in [0.05, 0.1) is 12.6 Å². The van der Waals surface area contributed by atoms with Gasteiger partial charge >= 0.3 is 5.97 Å². The predicted octanol–water partition coefficient (Wildman–Crippen LogP) is 0.135. The average molecular weight is 451 g/mol. The molecule has 1 aromatic carbocycles. The second-order valence-electron chi connectivity index (χ2n) is 8.51. The number of hydrogen-bond donors (Lipinski definition) is 6. The number of rotatable bonds is 12. The Kier molecular flexibility index (Phi) is 10.6. The van der Waals surface area contributed by atoms with Gasteiger partial charge in [0.25, 0.3) is 0 Å². The van der Waals surface area contributed by atoms with Gasteiger partial charge in [0, 0.05) is 6.42 Å². The summed E-state index contributed by atoms with van der Waals surface area (Å²) in [6.45, 7) is 6.78. The number of phenolic OH excluding ortho intramolecular Hbond substituents is 1. The molecule has 178 valence electrons. The maximum atomic E-state index is 12.7. The molecule has 3 atom stereocenters. The minimum Gasteiger partial charge on any atom is -0.508 e. The van der Waals surface area contributed by atoms with Crippen LogP contribution in [0.4, 0.5) is 0 Å². The van der Waals surface area contributed by atoms with Gasteiger partial charge in [-0.15, -0.1) is 0 Å². The Hall–Kier alpha value is -3.14. The van der Waals surface area contributed by atoms with Crippen molar-refractivity contribution in [3.8, 4) is 5.75 Å². The molecule has 0 fully saturated rings. The summed E-state index contributed by atoms with van der Waals surface area (Å²) in [6, 6.07) is 3.24. The Bertz CT molecular complexity index is 794. The van der Waals surface area contributed by atoms with Crippen LogP contribution in [-0.2, 0) is 25.6 Å². The Labute approximate surface area is 187 Å². The largest absolute Gasteiger partial charge is 0.508 e. The van der Waals surface area contributed by atoms with Crippen molar-refractivity contribution in [2.75, 3.05) is 6.54 Å². The van der Waals surface area contributed by atoms with Crippen molar-refractivity contribution >= 4 is 23.7 Å². The van der Waals surface area contributed by atoms with Crippen molar-refractivity contribution in [2.45, 2.75) is 58.7 Å². The van der Waals surface area contributed by atoms with Crippen molar-refractivity contribution in [1.29, 1.82) is 0 Å². The van der Waals surface area contributed by atoms with Crippen LogP contribution in [0.25, 0.3) is 0 Å². The molecule has 0 aromatic heterocycles. The van der Waals surface area contributed by atoms with Crippen LogP contribution in [0.2, 0.25) is 0 Å². The van der Waals surface area contributed by atoms with E-state index in [0.717, 1.165) is 0 Å². The van der Waals surface area contributed by atoms with Crippen LogP contribution < -0.4 is 21.7 Å². The lowest BCUT2D eigenvalue weighted by Crippen LogP contribution is -2.55.